The number of phenols is 1. The van der Waals surface area contributed by atoms with E-state index in [0.717, 1.165) is 49.7 Å². The molecule has 3 aromatic carbocycles. The van der Waals surface area contributed by atoms with Crippen molar-refractivity contribution in [1.82, 2.24) is 14.5 Å². The van der Waals surface area contributed by atoms with Gasteiger partial charge in [0.2, 0.25) is 5.88 Å². The molecule has 0 aliphatic heterocycles. The van der Waals surface area contributed by atoms with Gasteiger partial charge in [-0.25, -0.2) is 9.97 Å². The zero-order valence-electron chi connectivity index (χ0n) is 19.4. The maximum atomic E-state index is 10.4. The average Bonchev–Trinajstić information content (AvgIpc) is 3.13. The van der Waals surface area contributed by atoms with Gasteiger partial charge in [-0.1, -0.05) is 23.7 Å². The first-order valence-corrected chi connectivity index (χ1v) is 11.2. The van der Waals surface area contributed by atoms with Gasteiger partial charge >= 0.3 is 0 Å². The maximum Gasteiger partial charge on any atom is 0.220 e. The van der Waals surface area contributed by atoms with Crippen LogP contribution in [-0.4, -0.2) is 19.6 Å². The Labute approximate surface area is 217 Å². The molecule has 5 nitrogen and oxygen atoms in total. The average molecular weight is 640 g/mol. The van der Waals surface area contributed by atoms with Gasteiger partial charge in [0, 0.05) is 49.5 Å². The Morgan fingerprint density at radius 3 is 2.54 bits per heavy atom. The van der Waals surface area contributed by atoms with Crippen molar-refractivity contribution < 1.29 is 30.9 Å². The van der Waals surface area contributed by atoms with E-state index in [1.807, 2.05) is 62.5 Å². The van der Waals surface area contributed by atoms with Gasteiger partial charge in [-0.3, -0.25) is 0 Å². The zero-order chi connectivity index (χ0) is 23.4. The molecule has 0 aliphatic carbocycles. The third kappa shape index (κ3) is 3.96. The van der Waals surface area contributed by atoms with Crippen LogP contribution < -0.4 is 4.74 Å². The fourth-order valence-electron chi connectivity index (χ4n) is 4.53. The Hall–Kier alpha value is -3.69. The SMILES string of the molecule is Cc1ccnc(-n2c3[c-]c(Oc4nc5c(O)cc(C)cc5cc4C)ccc3c3ccccc32)c1.[Pt]. The van der Waals surface area contributed by atoms with Gasteiger partial charge in [0.05, 0.1) is 0 Å². The third-order valence-corrected chi connectivity index (χ3v) is 6.08. The van der Waals surface area contributed by atoms with Crippen LogP contribution in [0.1, 0.15) is 16.7 Å². The van der Waals surface area contributed by atoms with Crippen molar-refractivity contribution in [2.75, 3.05) is 0 Å². The molecule has 1 N–H and O–H groups in total. The van der Waals surface area contributed by atoms with E-state index in [-0.39, 0.29) is 26.8 Å². The fraction of sp³-hybridized carbons (Fsp3) is 0.103. The first-order chi connectivity index (χ1) is 16.5. The van der Waals surface area contributed by atoms with E-state index in [9.17, 15) is 5.11 Å². The van der Waals surface area contributed by atoms with Crippen LogP contribution in [0.3, 0.4) is 0 Å². The second-order valence-corrected chi connectivity index (χ2v) is 8.70. The van der Waals surface area contributed by atoms with Crippen LogP contribution in [0.4, 0.5) is 0 Å². The number of nitrogens with zero attached hydrogens (tertiary/aromatic N) is 3. The van der Waals surface area contributed by atoms with Crippen molar-refractivity contribution in [2.45, 2.75) is 20.8 Å². The summed E-state index contributed by atoms with van der Waals surface area (Å²) >= 11 is 0. The summed E-state index contributed by atoms with van der Waals surface area (Å²) in [6.45, 7) is 5.96. The first kappa shape index (κ1) is 23.1. The number of phenolic OH excluding ortho intramolecular Hbond substituents is 1. The second-order valence-electron chi connectivity index (χ2n) is 8.70. The Kier molecular flexibility index (Phi) is 5.82. The predicted octanol–water partition coefficient (Wildman–Crippen LogP) is 6.95. The number of ether oxygens (including phenoxy) is 1. The maximum absolute atomic E-state index is 10.4. The molecule has 0 amide bonds. The molecule has 0 bridgehead atoms. The number of aromatic nitrogens is 3. The summed E-state index contributed by atoms with van der Waals surface area (Å²) in [4.78, 5) is 9.24. The van der Waals surface area contributed by atoms with Gasteiger partial charge in [0.15, 0.2) is 0 Å². The topological polar surface area (TPSA) is 60.2 Å². The fourth-order valence-corrected chi connectivity index (χ4v) is 4.53. The molecule has 0 unspecified atom stereocenters. The van der Waals surface area contributed by atoms with Gasteiger partial charge in [-0.05, 0) is 73.7 Å². The van der Waals surface area contributed by atoms with Gasteiger partial charge in [0.1, 0.15) is 17.1 Å². The number of rotatable bonds is 3. The van der Waals surface area contributed by atoms with E-state index >= 15 is 0 Å². The normalized spacial score (nSPS) is 11.2. The Bertz CT molecular complexity index is 1740. The van der Waals surface area contributed by atoms with Gasteiger partial charge < -0.3 is 14.4 Å². The number of benzene rings is 3. The summed E-state index contributed by atoms with van der Waals surface area (Å²) in [6, 6.07) is 25.4. The summed E-state index contributed by atoms with van der Waals surface area (Å²) in [5.41, 5.74) is 5.46. The predicted molar refractivity (Wildman–Crippen MR) is 135 cm³/mol. The molecule has 0 fully saturated rings. The van der Waals surface area contributed by atoms with Crippen molar-refractivity contribution in [3.8, 4) is 23.2 Å². The quantitative estimate of drug-likeness (QED) is 0.213. The smallest absolute Gasteiger partial charge is 0.220 e. The summed E-state index contributed by atoms with van der Waals surface area (Å²) in [5.74, 6) is 1.97. The Balaban J connectivity index is 0.00000253. The number of pyridine rings is 2. The Morgan fingerprint density at radius 2 is 1.71 bits per heavy atom. The largest absolute Gasteiger partial charge is 0.506 e. The summed E-state index contributed by atoms with van der Waals surface area (Å²) < 4.78 is 8.32. The van der Waals surface area contributed by atoms with E-state index < -0.39 is 0 Å². The van der Waals surface area contributed by atoms with Gasteiger partial charge in [0.25, 0.3) is 0 Å². The minimum atomic E-state index is 0. The van der Waals surface area contributed by atoms with E-state index in [4.69, 9.17) is 4.74 Å². The molecule has 3 aromatic heterocycles. The van der Waals surface area contributed by atoms with Gasteiger partial charge in [-0.2, -0.15) is 6.07 Å². The molecule has 0 atom stereocenters. The molecular weight excluding hydrogens is 617 g/mol. The summed E-state index contributed by atoms with van der Waals surface area (Å²) in [5, 5.41) is 13.5. The monoisotopic (exact) mass is 639 g/mol. The molecule has 0 aliphatic rings. The molecule has 35 heavy (non-hydrogen) atoms. The number of fused-ring (bicyclic) bond motifs is 4. The van der Waals surface area contributed by atoms with E-state index in [2.05, 4.69) is 45.7 Å². The molecule has 0 spiro atoms. The van der Waals surface area contributed by atoms with Crippen LogP contribution in [0.25, 0.3) is 38.5 Å². The van der Waals surface area contributed by atoms with Crippen LogP contribution in [0, 0.1) is 26.8 Å². The molecule has 6 rings (SSSR count). The molecular formula is C29H22N3O2Pt-. The molecule has 0 saturated carbocycles. The van der Waals surface area contributed by atoms with Crippen LogP contribution in [0.15, 0.2) is 72.9 Å². The van der Waals surface area contributed by atoms with E-state index in [0.29, 0.717) is 17.1 Å². The number of hydrogen-bond donors (Lipinski definition) is 1. The first-order valence-electron chi connectivity index (χ1n) is 11.2. The van der Waals surface area contributed by atoms with E-state index in [1.165, 1.54) is 0 Å². The van der Waals surface area contributed by atoms with Crippen molar-refractivity contribution in [3.63, 3.8) is 0 Å². The van der Waals surface area contributed by atoms with Crippen LogP contribution >= 0.6 is 0 Å². The van der Waals surface area contributed by atoms with Gasteiger partial charge in [-0.15, -0.1) is 17.5 Å². The van der Waals surface area contributed by atoms with Crippen molar-refractivity contribution in [2.24, 2.45) is 0 Å². The molecule has 3 heterocycles. The number of para-hydroxylation sites is 1. The molecule has 176 valence electrons. The summed E-state index contributed by atoms with van der Waals surface area (Å²) in [6.07, 6.45) is 1.82. The molecule has 6 heteroatoms. The van der Waals surface area contributed by atoms with Crippen molar-refractivity contribution >= 4 is 32.7 Å². The number of aryl methyl sites for hydroxylation is 3. The minimum absolute atomic E-state index is 0. The number of hydrogen-bond acceptors (Lipinski definition) is 4. The third-order valence-electron chi connectivity index (χ3n) is 6.08. The molecule has 6 aromatic rings. The number of aromatic hydroxyl groups is 1. The Morgan fingerprint density at radius 1 is 0.886 bits per heavy atom. The minimum Gasteiger partial charge on any atom is -0.506 e. The standard InChI is InChI=1S/C29H22N3O2.Pt/c1-17-10-11-30-27(14-17)32-24-7-5-4-6-22(24)23-9-8-21(16-25(23)32)34-29-19(3)15-20-12-18(2)13-26(33)28(20)31-29;/h4-15,33H,1-3H3;/q-1;. The van der Waals surface area contributed by atoms with Crippen LogP contribution in [0.5, 0.6) is 17.4 Å². The molecule has 0 radical (unpaired) electrons. The zero-order valence-corrected chi connectivity index (χ0v) is 21.7. The molecule has 0 saturated heterocycles. The van der Waals surface area contributed by atoms with E-state index in [1.54, 1.807) is 6.07 Å². The van der Waals surface area contributed by atoms with Crippen molar-refractivity contribution in [3.05, 3.63) is 95.7 Å². The summed E-state index contributed by atoms with van der Waals surface area (Å²) in [7, 11) is 0. The van der Waals surface area contributed by atoms with Crippen molar-refractivity contribution in [1.29, 1.82) is 0 Å². The van der Waals surface area contributed by atoms with Crippen LogP contribution in [0.2, 0.25) is 0 Å². The van der Waals surface area contributed by atoms with Crippen LogP contribution in [-0.2, 0) is 21.1 Å². The second kappa shape index (κ2) is 8.83.